The van der Waals surface area contributed by atoms with Crippen molar-refractivity contribution in [3.05, 3.63) is 59.7 Å². The van der Waals surface area contributed by atoms with Gasteiger partial charge in [0.2, 0.25) is 0 Å². The Hall–Kier alpha value is -1.86. The number of aromatic nitrogens is 1. The molecule has 0 aliphatic carbocycles. The fourth-order valence-corrected chi connectivity index (χ4v) is 3.96. The van der Waals surface area contributed by atoms with E-state index in [2.05, 4.69) is 4.98 Å². The molecule has 0 amide bonds. The molecule has 23 heavy (non-hydrogen) atoms. The van der Waals surface area contributed by atoms with Crippen LogP contribution in [0.5, 0.6) is 0 Å². The normalized spacial score (nSPS) is 11.8. The molecule has 2 aromatic carbocycles. The summed E-state index contributed by atoms with van der Waals surface area (Å²) in [5.41, 5.74) is 0.105. The molecule has 0 N–H and O–H groups in total. The van der Waals surface area contributed by atoms with Crippen LogP contribution in [0, 0.1) is 0 Å². The Morgan fingerprint density at radius 1 is 1.13 bits per heavy atom. The van der Waals surface area contributed by atoms with Crippen LogP contribution in [-0.4, -0.2) is 16.5 Å². The Balaban J connectivity index is 1.72. The molecule has 3 aromatic rings. The molecule has 0 radical (unpaired) electrons. The number of benzene rings is 2. The first-order valence-corrected chi connectivity index (χ1v) is 8.42. The number of carbonyl (C=O) groups excluding carboxylic acids is 1. The predicted octanol–water partition coefficient (Wildman–Crippen LogP) is 5.29. The van der Waals surface area contributed by atoms with Crippen molar-refractivity contribution in [1.29, 1.82) is 0 Å². The molecular formula is C16H10F3NOS2. The third kappa shape index (κ3) is 3.73. The van der Waals surface area contributed by atoms with Gasteiger partial charge in [0.1, 0.15) is 0 Å². The smallest absolute Gasteiger partial charge is 0.293 e. The maximum absolute atomic E-state index is 12.7. The molecule has 0 saturated carbocycles. The lowest BCUT2D eigenvalue weighted by Gasteiger charge is -2.07. The van der Waals surface area contributed by atoms with Gasteiger partial charge in [-0.1, -0.05) is 36.0 Å². The monoisotopic (exact) mass is 353 g/mol. The topological polar surface area (TPSA) is 30.0 Å². The molecule has 1 aromatic heterocycles. The SMILES string of the molecule is O=C(CSc1nc2ccccc2s1)c1cccc(C(F)(F)F)c1. The first kappa shape index (κ1) is 16.0. The number of rotatable bonds is 4. The molecule has 0 unspecified atom stereocenters. The van der Waals surface area contributed by atoms with E-state index in [1.165, 1.54) is 35.2 Å². The van der Waals surface area contributed by atoms with E-state index in [1.54, 1.807) is 0 Å². The number of fused-ring (bicyclic) bond motifs is 1. The molecule has 118 valence electrons. The zero-order valence-corrected chi connectivity index (χ0v) is 13.3. The molecular weight excluding hydrogens is 343 g/mol. The van der Waals surface area contributed by atoms with Crippen molar-refractivity contribution in [3.63, 3.8) is 0 Å². The molecule has 7 heteroatoms. The summed E-state index contributed by atoms with van der Waals surface area (Å²) in [5.74, 6) is -0.290. The summed E-state index contributed by atoms with van der Waals surface area (Å²) in [6.07, 6.45) is -4.45. The zero-order valence-electron chi connectivity index (χ0n) is 11.6. The van der Waals surface area contributed by atoms with Gasteiger partial charge in [0, 0.05) is 5.56 Å². The van der Waals surface area contributed by atoms with Crippen LogP contribution in [0.1, 0.15) is 15.9 Å². The second-order valence-electron chi connectivity index (χ2n) is 4.74. The number of ketones is 1. The lowest BCUT2D eigenvalue weighted by molar-refractivity contribution is -0.137. The molecule has 0 atom stereocenters. The highest BCUT2D eigenvalue weighted by atomic mass is 32.2. The second-order valence-corrected chi connectivity index (χ2v) is 6.99. The maximum atomic E-state index is 12.7. The van der Waals surface area contributed by atoms with Crippen LogP contribution < -0.4 is 0 Å². The van der Waals surface area contributed by atoms with E-state index in [1.807, 2.05) is 24.3 Å². The Kier molecular flexibility index (Phi) is 4.41. The molecule has 0 saturated heterocycles. The Morgan fingerprint density at radius 2 is 1.91 bits per heavy atom. The van der Waals surface area contributed by atoms with E-state index < -0.39 is 11.7 Å². The standard InChI is InChI=1S/C16H10F3NOS2/c17-16(18,19)11-5-3-4-10(8-11)13(21)9-22-15-20-12-6-1-2-7-14(12)23-15/h1-8H,9H2. The molecule has 3 rings (SSSR count). The minimum atomic E-state index is -4.45. The molecule has 1 heterocycles. The van der Waals surface area contributed by atoms with Crippen molar-refractivity contribution in [3.8, 4) is 0 Å². The van der Waals surface area contributed by atoms with E-state index in [4.69, 9.17) is 0 Å². The van der Waals surface area contributed by atoms with Gasteiger partial charge in [0.15, 0.2) is 10.1 Å². The summed E-state index contributed by atoms with van der Waals surface area (Å²) in [5, 5.41) is 0. The third-order valence-electron chi connectivity index (χ3n) is 3.11. The van der Waals surface area contributed by atoms with Crippen LogP contribution in [0.2, 0.25) is 0 Å². The van der Waals surface area contributed by atoms with Gasteiger partial charge >= 0.3 is 6.18 Å². The number of thioether (sulfide) groups is 1. The van der Waals surface area contributed by atoms with Crippen LogP contribution in [0.25, 0.3) is 10.2 Å². The van der Waals surface area contributed by atoms with E-state index >= 15 is 0 Å². The lowest BCUT2D eigenvalue weighted by atomic mass is 10.1. The van der Waals surface area contributed by atoms with Crippen molar-refractivity contribution < 1.29 is 18.0 Å². The van der Waals surface area contributed by atoms with Crippen molar-refractivity contribution in [2.75, 3.05) is 5.75 Å². The average Bonchev–Trinajstić information content (AvgIpc) is 2.95. The number of alkyl halides is 3. The number of thiazole rings is 1. The van der Waals surface area contributed by atoms with Gasteiger partial charge in [-0.15, -0.1) is 11.3 Å². The van der Waals surface area contributed by atoms with Gasteiger partial charge in [-0.25, -0.2) is 4.98 Å². The summed E-state index contributed by atoms with van der Waals surface area (Å²) in [4.78, 5) is 16.5. The van der Waals surface area contributed by atoms with Crippen LogP contribution in [0.15, 0.2) is 52.9 Å². The number of halogens is 3. The van der Waals surface area contributed by atoms with Gasteiger partial charge in [-0.05, 0) is 24.3 Å². The van der Waals surface area contributed by atoms with Gasteiger partial charge in [0.05, 0.1) is 21.5 Å². The van der Waals surface area contributed by atoms with Crippen molar-refractivity contribution in [1.82, 2.24) is 4.98 Å². The van der Waals surface area contributed by atoms with Gasteiger partial charge in [-0.3, -0.25) is 4.79 Å². The van der Waals surface area contributed by atoms with Crippen LogP contribution in [-0.2, 0) is 6.18 Å². The van der Waals surface area contributed by atoms with Crippen molar-refractivity contribution >= 4 is 39.1 Å². The average molecular weight is 353 g/mol. The second kappa shape index (κ2) is 6.33. The van der Waals surface area contributed by atoms with Crippen LogP contribution in [0.4, 0.5) is 13.2 Å². The molecule has 0 aliphatic rings. The highest BCUT2D eigenvalue weighted by molar-refractivity contribution is 8.01. The summed E-state index contributed by atoms with van der Waals surface area (Å²) in [6.45, 7) is 0. The fraction of sp³-hybridized carbons (Fsp3) is 0.125. The summed E-state index contributed by atoms with van der Waals surface area (Å²) in [7, 11) is 0. The number of carbonyl (C=O) groups is 1. The minimum Gasteiger partial charge on any atom is -0.293 e. The Bertz CT molecular complexity index is 825. The van der Waals surface area contributed by atoms with E-state index in [0.29, 0.717) is 0 Å². The highest BCUT2D eigenvalue weighted by Crippen LogP contribution is 2.31. The van der Waals surface area contributed by atoms with E-state index in [0.717, 1.165) is 26.7 Å². The number of nitrogens with zero attached hydrogens (tertiary/aromatic N) is 1. The molecule has 0 aliphatic heterocycles. The largest absolute Gasteiger partial charge is 0.416 e. The lowest BCUT2D eigenvalue weighted by Crippen LogP contribution is -2.08. The summed E-state index contributed by atoms with van der Waals surface area (Å²) < 4.78 is 39.8. The molecule has 0 fully saturated rings. The predicted molar refractivity (Wildman–Crippen MR) is 86.1 cm³/mol. The molecule has 0 bridgehead atoms. The number of hydrogen-bond donors (Lipinski definition) is 0. The Labute approximate surface area is 138 Å². The van der Waals surface area contributed by atoms with E-state index in [-0.39, 0.29) is 17.1 Å². The van der Waals surface area contributed by atoms with Crippen molar-refractivity contribution in [2.24, 2.45) is 0 Å². The quantitative estimate of drug-likeness (QED) is 0.471. The van der Waals surface area contributed by atoms with Gasteiger partial charge in [0.25, 0.3) is 0 Å². The van der Waals surface area contributed by atoms with E-state index in [9.17, 15) is 18.0 Å². The van der Waals surface area contributed by atoms with Gasteiger partial charge in [-0.2, -0.15) is 13.2 Å². The molecule has 2 nitrogen and oxygen atoms in total. The van der Waals surface area contributed by atoms with Crippen LogP contribution >= 0.6 is 23.1 Å². The Morgan fingerprint density at radius 3 is 2.65 bits per heavy atom. The summed E-state index contributed by atoms with van der Waals surface area (Å²) in [6, 6.07) is 12.1. The maximum Gasteiger partial charge on any atom is 0.416 e. The zero-order chi connectivity index (χ0) is 16.4. The number of hydrogen-bond acceptors (Lipinski definition) is 4. The number of para-hydroxylation sites is 1. The third-order valence-corrected chi connectivity index (χ3v) is 5.29. The number of Topliss-reactive ketones (excluding diaryl/α,β-unsaturated/α-hetero) is 1. The fourth-order valence-electron chi connectivity index (χ4n) is 1.99. The molecule has 0 spiro atoms. The summed E-state index contributed by atoms with van der Waals surface area (Å²) >= 11 is 2.70. The highest BCUT2D eigenvalue weighted by Gasteiger charge is 2.30. The first-order valence-electron chi connectivity index (χ1n) is 6.62. The van der Waals surface area contributed by atoms with Crippen molar-refractivity contribution in [2.45, 2.75) is 10.5 Å². The van der Waals surface area contributed by atoms with Gasteiger partial charge < -0.3 is 0 Å². The minimum absolute atomic E-state index is 0.0567. The first-order chi connectivity index (χ1) is 10.9. The van der Waals surface area contributed by atoms with Crippen LogP contribution in [0.3, 0.4) is 0 Å².